The molecule has 0 spiro atoms. The fraction of sp³-hybridized carbons (Fsp3) is 0.231. The number of alkyl halides is 2. The van der Waals surface area contributed by atoms with Crippen molar-refractivity contribution < 1.29 is 22.5 Å². The Morgan fingerprint density at radius 2 is 2.00 bits per heavy atom. The fourth-order valence-electron chi connectivity index (χ4n) is 1.66. The predicted octanol–water partition coefficient (Wildman–Crippen LogP) is 3.03. The van der Waals surface area contributed by atoms with Crippen LogP contribution in [0.1, 0.15) is 16.2 Å². The Morgan fingerprint density at radius 3 is 2.50 bits per heavy atom. The number of carbonyl (C=O) groups is 1. The molecule has 0 aliphatic rings. The summed E-state index contributed by atoms with van der Waals surface area (Å²) in [5.74, 6) is -1.42. The van der Waals surface area contributed by atoms with Gasteiger partial charge in [0.1, 0.15) is 5.82 Å². The number of benzene rings is 1. The first-order valence-electron chi connectivity index (χ1n) is 5.76. The van der Waals surface area contributed by atoms with Gasteiger partial charge >= 0.3 is 0 Å². The van der Waals surface area contributed by atoms with Gasteiger partial charge in [-0.15, -0.1) is 0 Å². The van der Waals surface area contributed by atoms with Crippen molar-refractivity contribution in [2.24, 2.45) is 0 Å². The van der Waals surface area contributed by atoms with Gasteiger partial charge in [-0.25, -0.2) is 13.2 Å². The van der Waals surface area contributed by atoms with E-state index < -0.39 is 24.7 Å². The first kappa shape index (κ1) is 14.1. The number of nitrogens with zero attached hydrogens (tertiary/aromatic N) is 2. The minimum Gasteiger partial charge on any atom is -0.351 e. The van der Waals surface area contributed by atoms with E-state index in [0.717, 1.165) is 17.0 Å². The second-order valence-electron chi connectivity index (χ2n) is 4.12. The minimum absolute atomic E-state index is 0.146. The maximum atomic E-state index is 12.9. The van der Waals surface area contributed by atoms with Gasteiger partial charge in [0, 0.05) is 11.8 Å². The molecule has 106 valence electrons. The van der Waals surface area contributed by atoms with Gasteiger partial charge in [0.15, 0.2) is 0 Å². The van der Waals surface area contributed by atoms with E-state index in [1.165, 1.54) is 18.2 Å². The summed E-state index contributed by atoms with van der Waals surface area (Å²) in [7, 11) is 0. The van der Waals surface area contributed by atoms with Crippen LogP contribution in [0.4, 0.5) is 18.9 Å². The number of anilines is 1. The highest BCUT2D eigenvalue weighted by Gasteiger charge is 2.24. The van der Waals surface area contributed by atoms with Gasteiger partial charge in [0.25, 0.3) is 12.3 Å². The fourth-order valence-corrected chi connectivity index (χ4v) is 1.66. The molecule has 0 fully saturated rings. The van der Waals surface area contributed by atoms with Crippen LogP contribution in [0.15, 0.2) is 34.9 Å². The number of amides is 1. The molecule has 0 atom stereocenters. The normalized spacial score (nSPS) is 10.8. The SMILES string of the molecule is Cc1cc(C(=O)N(CC(F)F)c2ccc(F)cc2)on1. The Balaban J connectivity index is 2.32. The van der Waals surface area contributed by atoms with E-state index >= 15 is 0 Å². The van der Waals surface area contributed by atoms with Crippen LogP contribution in [0.5, 0.6) is 0 Å². The highest BCUT2D eigenvalue weighted by molar-refractivity contribution is 6.04. The lowest BCUT2D eigenvalue weighted by atomic mass is 10.2. The molecule has 0 saturated carbocycles. The standard InChI is InChI=1S/C13H11F3N2O2/c1-8-6-11(20-17-8)13(19)18(7-12(15)16)10-4-2-9(14)3-5-10/h2-6,12H,7H2,1H3. The van der Waals surface area contributed by atoms with Gasteiger partial charge in [-0.1, -0.05) is 5.16 Å². The molecule has 0 bridgehead atoms. The number of hydrogen-bond acceptors (Lipinski definition) is 3. The van der Waals surface area contributed by atoms with E-state index in [0.29, 0.717) is 5.69 Å². The molecule has 0 unspecified atom stereocenters. The second kappa shape index (κ2) is 5.77. The zero-order valence-corrected chi connectivity index (χ0v) is 10.5. The van der Waals surface area contributed by atoms with Gasteiger partial charge in [-0.2, -0.15) is 0 Å². The van der Waals surface area contributed by atoms with Crippen LogP contribution in [-0.2, 0) is 0 Å². The Hall–Kier alpha value is -2.31. The molecule has 2 rings (SSSR count). The number of rotatable bonds is 4. The molecule has 20 heavy (non-hydrogen) atoms. The highest BCUT2D eigenvalue weighted by Crippen LogP contribution is 2.19. The first-order valence-corrected chi connectivity index (χ1v) is 5.76. The summed E-state index contributed by atoms with van der Waals surface area (Å²) in [5, 5.41) is 3.54. The molecule has 0 N–H and O–H groups in total. The van der Waals surface area contributed by atoms with Crippen LogP contribution >= 0.6 is 0 Å². The summed E-state index contributed by atoms with van der Waals surface area (Å²) in [6.45, 7) is 0.792. The quantitative estimate of drug-likeness (QED) is 0.867. The van der Waals surface area contributed by atoms with E-state index in [-0.39, 0.29) is 11.4 Å². The lowest BCUT2D eigenvalue weighted by Gasteiger charge is -2.21. The van der Waals surface area contributed by atoms with Gasteiger partial charge < -0.3 is 4.52 Å². The molecule has 1 heterocycles. The van der Waals surface area contributed by atoms with Crippen molar-refractivity contribution in [3.63, 3.8) is 0 Å². The van der Waals surface area contributed by atoms with Crippen LogP contribution in [0.3, 0.4) is 0 Å². The third-order valence-electron chi connectivity index (χ3n) is 2.54. The van der Waals surface area contributed by atoms with Gasteiger partial charge in [-0.05, 0) is 31.2 Å². The topological polar surface area (TPSA) is 46.3 Å². The Morgan fingerprint density at radius 1 is 1.35 bits per heavy atom. The highest BCUT2D eigenvalue weighted by atomic mass is 19.3. The van der Waals surface area contributed by atoms with Crippen molar-refractivity contribution in [1.29, 1.82) is 0 Å². The van der Waals surface area contributed by atoms with Crippen LogP contribution in [0, 0.1) is 12.7 Å². The number of aromatic nitrogens is 1. The number of aryl methyl sites for hydroxylation is 1. The van der Waals surface area contributed by atoms with Gasteiger partial charge in [0.2, 0.25) is 5.76 Å². The van der Waals surface area contributed by atoms with Crippen molar-refractivity contribution in [2.45, 2.75) is 13.3 Å². The van der Waals surface area contributed by atoms with Crippen molar-refractivity contribution in [3.05, 3.63) is 47.6 Å². The molecule has 4 nitrogen and oxygen atoms in total. The summed E-state index contributed by atoms with van der Waals surface area (Å²) in [6.07, 6.45) is -2.73. The lowest BCUT2D eigenvalue weighted by Crippen LogP contribution is -2.35. The molecule has 2 aromatic rings. The van der Waals surface area contributed by atoms with Crippen molar-refractivity contribution >= 4 is 11.6 Å². The first-order chi connectivity index (χ1) is 9.47. The molecule has 1 aromatic carbocycles. The number of halogens is 3. The van der Waals surface area contributed by atoms with E-state index in [2.05, 4.69) is 5.16 Å². The largest absolute Gasteiger partial charge is 0.351 e. The minimum atomic E-state index is -2.73. The van der Waals surface area contributed by atoms with E-state index in [1.54, 1.807) is 6.92 Å². The molecule has 1 aromatic heterocycles. The van der Waals surface area contributed by atoms with E-state index in [1.807, 2.05) is 0 Å². The molecular formula is C13H11F3N2O2. The molecule has 0 saturated heterocycles. The summed E-state index contributed by atoms with van der Waals surface area (Å²) in [4.78, 5) is 13.0. The average molecular weight is 284 g/mol. The van der Waals surface area contributed by atoms with Crippen LogP contribution < -0.4 is 4.90 Å². The van der Waals surface area contributed by atoms with Crippen LogP contribution in [0.2, 0.25) is 0 Å². The van der Waals surface area contributed by atoms with E-state index in [4.69, 9.17) is 4.52 Å². The number of carbonyl (C=O) groups excluding carboxylic acids is 1. The number of hydrogen-bond donors (Lipinski definition) is 0. The zero-order chi connectivity index (χ0) is 14.7. The molecule has 1 amide bonds. The third-order valence-corrected chi connectivity index (χ3v) is 2.54. The summed E-state index contributed by atoms with van der Waals surface area (Å²) in [5.41, 5.74) is 0.621. The Bertz CT molecular complexity index is 596. The van der Waals surface area contributed by atoms with Crippen molar-refractivity contribution in [3.8, 4) is 0 Å². The van der Waals surface area contributed by atoms with E-state index in [9.17, 15) is 18.0 Å². The van der Waals surface area contributed by atoms with Gasteiger partial charge in [-0.3, -0.25) is 9.69 Å². The predicted molar refractivity (Wildman–Crippen MR) is 65.3 cm³/mol. The van der Waals surface area contributed by atoms with Crippen LogP contribution in [-0.4, -0.2) is 24.0 Å². The maximum Gasteiger partial charge on any atom is 0.297 e. The molecule has 0 aliphatic heterocycles. The summed E-state index contributed by atoms with van der Waals surface area (Å²) in [6, 6.07) is 6.03. The second-order valence-corrected chi connectivity index (χ2v) is 4.12. The lowest BCUT2D eigenvalue weighted by molar-refractivity contribution is 0.0911. The Labute approximate surface area is 112 Å². The van der Waals surface area contributed by atoms with Crippen molar-refractivity contribution in [2.75, 3.05) is 11.4 Å². The average Bonchev–Trinajstić information content (AvgIpc) is 2.83. The molecule has 0 aliphatic carbocycles. The zero-order valence-electron chi connectivity index (χ0n) is 10.5. The molecular weight excluding hydrogens is 273 g/mol. The summed E-state index contributed by atoms with van der Waals surface area (Å²) < 4.78 is 42.9. The monoisotopic (exact) mass is 284 g/mol. The van der Waals surface area contributed by atoms with Gasteiger partial charge in [0.05, 0.1) is 12.2 Å². The molecule has 7 heteroatoms. The van der Waals surface area contributed by atoms with Crippen molar-refractivity contribution in [1.82, 2.24) is 5.16 Å². The Kier molecular flexibility index (Phi) is 4.07. The third kappa shape index (κ3) is 3.17. The van der Waals surface area contributed by atoms with Crippen LogP contribution in [0.25, 0.3) is 0 Å². The smallest absolute Gasteiger partial charge is 0.297 e. The molecule has 0 radical (unpaired) electrons. The summed E-state index contributed by atoms with van der Waals surface area (Å²) >= 11 is 0. The maximum absolute atomic E-state index is 12.9.